The van der Waals surface area contributed by atoms with Gasteiger partial charge in [0.2, 0.25) is 0 Å². The molecule has 0 aliphatic carbocycles. The lowest BCUT2D eigenvalue weighted by atomic mass is 10.0. The second kappa shape index (κ2) is 3.10. The van der Waals surface area contributed by atoms with Crippen molar-refractivity contribution in [2.45, 2.75) is 19.5 Å². The number of hydrogen-bond acceptors (Lipinski definition) is 2. The van der Waals surface area contributed by atoms with E-state index in [2.05, 4.69) is 0 Å². The molecule has 3 nitrogen and oxygen atoms in total. The highest BCUT2D eigenvalue weighted by atomic mass is 16.2. The van der Waals surface area contributed by atoms with Crippen LogP contribution in [-0.2, 0) is 6.54 Å². The summed E-state index contributed by atoms with van der Waals surface area (Å²) >= 11 is 0. The molecule has 0 saturated heterocycles. The van der Waals surface area contributed by atoms with Crippen LogP contribution in [0.4, 0.5) is 0 Å². The van der Waals surface area contributed by atoms with E-state index in [9.17, 15) is 4.79 Å². The monoisotopic (exact) mass is 190 g/mol. The Bertz CT molecular complexity index is 385. The third-order valence-corrected chi connectivity index (χ3v) is 2.64. The number of nitrogens with two attached hydrogens (primary N) is 1. The largest absolute Gasteiger partial charge is 0.337 e. The lowest BCUT2D eigenvalue weighted by molar-refractivity contribution is 0.0816. The van der Waals surface area contributed by atoms with Crippen molar-refractivity contribution < 1.29 is 4.79 Å². The summed E-state index contributed by atoms with van der Waals surface area (Å²) in [6.45, 7) is 2.65. The van der Waals surface area contributed by atoms with Crippen LogP contribution < -0.4 is 5.73 Å². The van der Waals surface area contributed by atoms with Gasteiger partial charge >= 0.3 is 0 Å². The smallest absolute Gasteiger partial charge is 0.254 e. The third kappa shape index (κ3) is 1.30. The second-order valence-corrected chi connectivity index (χ2v) is 3.87. The van der Waals surface area contributed by atoms with Crippen LogP contribution in [0.5, 0.6) is 0 Å². The average Bonchev–Trinajstić information content (AvgIpc) is 2.42. The Hall–Kier alpha value is -1.35. The molecule has 0 radical (unpaired) electrons. The van der Waals surface area contributed by atoms with Gasteiger partial charge in [-0.1, -0.05) is 12.1 Å². The average molecular weight is 190 g/mol. The van der Waals surface area contributed by atoms with Gasteiger partial charge in [-0.05, 0) is 24.1 Å². The van der Waals surface area contributed by atoms with Crippen LogP contribution >= 0.6 is 0 Å². The first-order chi connectivity index (χ1) is 6.59. The maximum Gasteiger partial charge on any atom is 0.254 e. The van der Waals surface area contributed by atoms with Gasteiger partial charge in [-0.25, -0.2) is 0 Å². The van der Waals surface area contributed by atoms with Crippen molar-refractivity contribution in [1.29, 1.82) is 0 Å². The number of hydrogen-bond donors (Lipinski definition) is 1. The van der Waals surface area contributed by atoms with E-state index in [1.807, 2.05) is 32.2 Å². The fourth-order valence-corrected chi connectivity index (χ4v) is 1.77. The molecule has 0 saturated carbocycles. The molecule has 1 aromatic rings. The SMILES string of the molecule is CC(N)c1ccc2c(c1)CN(C)C2=O. The maximum atomic E-state index is 11.6. The Morgan fingerprint density at radius 3 is 2.86 bits per heavy atom. The van der Waals surface area contributed by atoms with Crippen molar-refractivity contribution in [3.63, 3.8) is 0 Å². The number of fused-ring (bicyclic) bond motifs is 1. The van der Waals surface area contributed by atoms with Crippen molar-refractivity contribution in [2.75, 3.05) is 7.05 Å². The molecule has 1 unspecified atom stereocenters. The van der Waals surface area contributed by atoms with Crippen LogP contribution in [0.2, 0.25) is 0 Å². The summed E-state index contributed by atoms with van der Waals surface area (Å²) in [5.74, 6) is 0.108. The summed E-state index contributed by atoms with van der Waals surface area (Å²) in [4.78, 5) is 13.3. The summed E-state index contributed by atoms with van der Waals surface area (Å²) in [6.07, 6.45) is 0. The molecular formula is C11H14N2O. The summed E-state index contributed by atoms with van der Waals surface area (Å²) in [6, 6.07) is 5.86. The van der Waals surface area contributed by atoms with Crippen molar-refractivity contribution in [1.82, 2.24) is 4.90 Å². The number of amides is 1. The molecular weight excluding hydrogens is 176 g/mol. The van der Waals surface area contributed by atoms with E-state index >= 15 is 0 Å². The molecule has 2 N–H and O–H groups in total. The van der Waals surface area contributed by atoms with Crippen LogP contribution in [-0.4, -0.2) is 17.9 Å². The van der Waals surface area contributed by atoms with Crippen LogP contribution in [0.1, 0.15) is 34.5 Å². The molecule has 1 heterocycles. The molecule has 1 aromatic carbocycles. The Kier molecular flexibility index (Phi) is 2.04. The highest BCUT2D eigenvalue weighted by Gasteiger charge is 2.24. The Morgan fingerprint density at radius 1 is 1.50 bits per heavy atom. The zero-order chi connectivity index (χ0) is 10.3. The molecule has 1 aliphatic rings. The summed E-state index contributed by atoms with van der Waals surface area (Å²) in [7, 11) is 1.81. The van der Waals surface area contributed by atoms with Gasteiger partial charge in [0.1, 0.15) is 0 Å². The van der Waals surface area contributed by atoms with Crippen molar-refractivity contribution >= 4 is 5.91 Å². The number of carbonyl (C=O) groups excluding carboxylic acids is 1. The van der Waals surface area contributed by atoms with E-state index in [-0.39, 0.29) is 11.9 Å². The first-order valence-corrected chi connectivity index (χ1v) is 4.73. The Morgan fingerprint density at radius 2 is 2.21 bits per heavy atom. The molecule has 1 amide bonds. The summed E-state index contributed by atoms with van der Waals surface area (Å²) in [5, 5.41) is 0. The van der Waals surface area contributed by atoms with Crippen LogP contribution in [0, 0.1) is 0 Å². The third-order valence-electron chi connectivity index (χ3n) is 2.64. The van der Waals surface area contributed by atoms with Crippen molar-refractivity contribution in [3.05, 3.63) is 34.9 Å². The van der Waals surface area contributed by atoms with Gasteiger partial charge in [0.05, 0.1) is 0 Å². The van der Waals surface area contributed by atoms with E-state index in [1.54, 1.807) is 4.90 Å². The minimum atomic E-state index is 0.0290. The van der Waals surface area contributed by atoms with Crippen LogP contribution in [0.15, 0.2) is 18.2 Å². The quantitative estimate of drug-likeness (QED) is 0.725. The minimum absolute atomic E-state index is 0.0290. The minimum Gasteiger partial charge on any atom is -0.337 e. The number of carbonyl (C=O) groups is 1. The second-order valence-electron chi connectivity index (χ2n) is 3.87. The van der Waals surface area contributed by atoms with E-state index in [0.29, 0.717) is 6.54 Å². The van der Waals surface area contributed by atoms with E-state index < -0.39 is 0 Å². The molecule has 0 bridgehead atoms. The van der Waals surface area contributed by atoms with Gasteiger partial charge in [-0.2, -0.15) is 0 Å². The van der Waals surface area contributed by atoms with E-state index in [0.717, 1.165) is 16.7 Å². The van der Waals surface area contributed by atoms with Gasteiger partial charge in [0.15, 0.2) is 0 Å². The number of nitrogens with zero attached hydrogens (tertiary/aromatic N) is 1. The summed E-state index contributed by atoms with van der Waals surface area (Å²) < 4.78 is 0. The zero-order valence-corrected chi connectivity index (χ0v) is 8.45. The predicted molar refractivity (Wildman–Crippen MR) is 54.8 cm³/mol. The first kappa shape index (κ1) is 9.21. The lowest BCUT2D eigenvalue weighted by Crippen LogP contribution is -2.17. The molecule has 1 atom stereocenters. The van der Waals surface area contributed by atoms with Crippen LogP contribution in [0.25, 0.3) is 0 Å². The Labute approximate surface area is 83.5 Å². The van der Waals surface area contributed by atoms with Gasteiger partial charge in [-0.3, -0.25) is 4.79 Å². The zero-order valence-electron chi connectivity index (χ0n) is 8.45. The Balaban J connectivity index is 2.44. The highest BCUT2D eigenvalue weighted by Crippen LogP contribution is 2.24. The number of rotatable bonds is 1. The van der Waals surface area contributed by atoms with Crippen LogP contribution in [0.3, 0.4) is 0 Å². The predicted octanol–water partition coefficient (Wildman–Crippen LogP) is 1.29. The fraction of sp³-hybridized carbons (Fsp3) is 0.364. The molecule has 3 heteroatoms. The van der Waals surface area contributed by atoms with Crippen molar-refractivity contribution in [3.8, 4) is 0 Å². The molecule has 14 heavy (non-hydrogen) atoms. The highest BCUT2D eigenvalue weighted by molar-refractivity contribution is 5.98. The number of benzene rings is 1. The van der Waals surface area contributed by atoms with E-state index in [1.165, 1.54) is 0 Å². The topological polar surface area (TPSA) is 46.3 Å². The van der Waals surface area contributed by atoms with Gasteiger partial charge in [-0.15, -0.1) is 0 Å². The lowest BCUT2D eigenvalue weighted by Gasteiger charge is -2.06. The van der Waals surface area contributed by atoms with Gasteiger partial charge in [0, 0.05) is 25.2 Å². The standard InChI is InChI=1S/C11H14N2O/c1-7(12)8-3-4-10-9(5-8)6-13(2)11(10)14/h3-5,7H,6,12H2,1-2H3. The molecule has 1 aliphatic heterocycles. The normalized spacial score (nSPS) is 17.1. The molecule has 2 rings (SSSR count). The first-order valence-electron chi connectivity index (χ1n) is 4.73. The fourth-order valence-electron chi connectivity index (χ4n) is 1.77. The summed E-state index contributed by atoms with van der Waals surface area (Å²) in [5.41, 5.74) is 8.77. The molecule has 0 spiro atoms. The maximum absolute atomic E-state index is 11.6. The van der Waals surface area contributed by atoms with Gasteiger partial charge < -0.3 is 10.6 Å². The van der Waals surface area contributed by atoms with Gasteiger partial charge in [0.25, 0.3) is 5.91 Å². The molecule has 0 aromatic heterocycles. The van der Waals surface area contributed by atoms with Crippen molar-refractivity contribution in [2.24, 2.45) is 5.73 Å². The molecule has 0 fully saturated rings. The molecule has 74 valence electrons. The van der Waals surface area contributed by atoms with E-state index in [4.69, 9.17) is 5.73 Å².